The average molecular weight is 275 g/mol. The van der Waals surface area contributed by atoms with Crippen molar-refractivity contribution in [2.45, 2.75) is 45.1 Å². The molecule has 1 amide bonds. The van der Waals surface area contributed by atoms with Crippen molar-refractivity contribution < 1.29 is 9.90 Å². The van der Waals surface area contributed by atoms with Gasteiger partial charge in [0.25, 0.3) is 0 Å². The van der Waals surface area contributed by atoms with Crippen LogP contribution in [0.4, 0.5) is 0 Å². The second-order valence-corrected chi connectivity index (χ2v) is 6.03. The van der Waals surface area contributed by atoms with E-state index in [4.69, 9.17) is 0 Å². The fourth-order valence-corrected chi connectivity index (χ4v) is 2.90. The third kappa shape index (κ3) is 4.34. The number of nitrogens with one attached hydrogen (secondary N) is 1. The molecule has 3 heteroatoms. The van der Waals surface area contributed by atoms with E-state index in [2.05, 4.69) is 12.2 Å². The lowest BCUT2D eigenvalue weighted by Gasteiger charge is -2.27. The van der Waals surface area contributed by atoms with E-state index >= 15 is 0 Å². The van der Waals surface area contributed by atoms with Crippen LogP contribution in [0.5, 0.6) is 0 Å². The van der Waals surface area contributed by atoms with E-state index in [0.29, 0.717) is 6.42 Å². The first-order valence-corrected chi connectivity index (χ1v) is 7.64. The van der Waals surface area contributed by atoms with E-state index in [1.807, 2.05) is 30.3 Å². The van der Waals surface area contributed by atoms with Crippen LogP contribution in [-0.4, -0.2) is 23.7 Å². The molecule has 2 rings (SSSR count). The summed E-state index contributed by atoms with van der Waals surface area (Å²) in [5, 5.41) is 12.5. The Kier molecular flexibility index (Phi) is 5.60. The third-order valence-electron chi connectivity index (χ3n) is 4.28. The maximum absolute atomic E-state index is 12.2. The number of benzene rings is 1. The van der Waals surface area contributed by atoms with Gasteiger partial charge in [0.15, 0.2) is 0 Å². The summed E-state index contributed by atoms with van der Waals surface area (Å²) < 4.78 is 0. The summed E-state index contributed by atoms with van der Waals surface area (Å²) in [6.45, 7) is 2.24. The number of aliphatic hydroxyl groups excluding tert-OH is 1. The molecule has 3 nitrogen and oxygen atoms in total. The van der Waals surface area contributed by atoms with Gasteiger partial charge in [0.05, 0.1) is 12.6 Å². The van der Waals surface area contributed by atoms with Gasteiger partial charge in [-0.15, -0.1) is 0 Å². The molecule has 110 valence electrons. The van der Waals surface area contributed by atoms with E-state index in [1.54, 1.807) is 0 Å². The molecule has 0 bridgehead atoms. The standard InChI is InChI=1S/C17H25NO2/c1-13-7-9-15(10-8-13)17(20)18-16(12-19)11-14-5-3-2-4-6-14/h2-6,13,15-16,19H,7-12H2,1H3,(H,18,20). The van der Waals surface area contributed by atoms with E-state index in [1.165, 1.54) is 0 Å². The van der Waals surface area contributed by atoms with Crippen LogP contribution in [0.3, 0.4) is 0 Å². The highest BCUT2D eigenvalue weighted by Gasteiger charge is 2.25. The Bertz CT molecular complexity index is 410. The molecule has 1 saturated carbocycles. The summed E-state index contributed by atoms with van der Waals surface area (Å²) in [4.78, 5) is 12.2. The highest BCUT2D eigenvalue weighted by molar-refractivity contribution is 5.79. The SMILES string of the molecule is CC1CCC(C(=O)NC(CO)Cc2ccccc2)CC1. The second kappa shape index (κ2) is 7.44. The molecular formula is C17H25NO2. The second-order valence-electron chi connectivity index (χ2n) is 6.03. The van der Waals surface area contributed by atoms with Crippen LogP contribution >= 0.6 is 0 Å². The van der Waals surface area contributed by atoms with Gasteiger partial charge in [0, 0.05) is 5.92 Å². The third-order valence-corrected chi connectivity index (χ3v) is 4.28. The molecule has 0 saturated heterocycles. The van der Waals surface area contributed by atoms with Gasteiger partial charge in [-0.1, -0.05) is 37.3 Å². The van der Waals surface area contributed by atoms with Crippen molar-refractivity contribution in [2.75, 3.05) is 6.61 Å². The highest BCUT2D eigenvalue weighted by Crippen LogP contribution is 2.28. The molecule has 2 N–H and O–H groups in total. The smallest absolute Gasteiger partial charge is 0.223 e. The molecule has 0 aromatic heterocycles. The van der Waals surface area contributed by atoms with Crippen LogP contribution in [0.25, 0.3) is 0 Å². The molecule has 1 fully saturated rings. The van der Waals surface area contributed by atoms with Crippen LogP contribution in [-0.2, 0) is 11.2 Å². The van der Waals surface area contributed by atoms with E-state index in [0.717, 1.165) is 37.2 Å². The molecule has 1 unspecified atom stereocenters. The first-order chi connectivity index (χ1) is 9.69. The van der Waals surface area contributed by atoms with Crippen molar-refractivity contribution >= 4 is 5.91 Å². The van der Waals surface area contributed by atoms with Gasteiger partial charge < -0.3 is 10.4 Å². The predicted octanol–water partition coefficient (Wildman–Crippen LogP) is 2.53. The molecule has 0 heterocycles. The van der Waals surface area contributed by atoms with Crippen molar-refractivity contribution in [2.24, 2.45) is 11.8 Å². The lowest BCUT2D eigenvalue weighted by Crippen LogP contribution is -2.43. The molecule has 1 aliphatic carbocycles. The molecule has 20 heavy (non-hydrogen) atoms. The fraction of sp³-hybridized carbons (Fsp3) is 0.588. The normalized spacial score (nSPS) is 24.1. The Morgan fingerprint density at radius 2 is 1.90 bits per heavy atom. The summed E-state index contributed by atoms with van der Waals surface area (Å²) in [7, 11) is 0. The summed E-state index contributed by atoms with van der Waals surface area (Å²) >= 11 is 0. The van der Waals surface area contributed by atoms with Crippen molar-refractivity contribution in [1.29, 1.82) is 0 Å². The highest BCUT2D eigenvalue weighted by atomic mass is 16.3. The first-order valence-electron chi connectivity index (χ1n) is 7.64. The van der Waals surface area contributed by atoms with E-state index in [9.17, 15) is 9.90 Å². The molecule has 0 aliphatic heterocycles. The minimum Gasteiger partial charge on any atom is -0.394 e. The van der Waals surface area contributed by atoms with Crippen LogP contribution in [0.1, 0.15) is 38.2 Å². The maximum Gasteiger partial charge on any atom is 0.223 e. The van der Waals surface area contributed by atoms with Gasteiger partial charge in [-0.2, -0.15) is 0 Å². The number of amides is 1. The number of carbonyl (C=O) groups is 1. The fourth-order valence-electron chi connectivity index (χ4n) is 2.90. The van der Waals surface area contributed by atoms with E-state index < -0.39 is 0 Å². The lowest BCUT2D eigenvalue weighted by atomic mass is 9.82. The van der Waals surface area contributed by atoms with Gasteiger partial charge in [-0.3, -0.25) is 4.79 Å². The minimum atomic E-state index is -0.177. The van der Waals surface area contributed by atoms with Crippen LogP contribution in [0, 0.1) is 11.8 Å². The molecule has 1 aromatic rings. The van der Waals surface area contributed by atoms with Crippen LogP contribution in [0.2, 0.25) is 0 Å². The van der Waals surface area contributed by atoms with Gasteiger partial charge in [-0.05, 0) is 43.6 Å². The van der Waals surface area contributed by atoms with Gasteiger partial charge in [0.1, 0.15) is 0 Å². The zero-order valence-electron chi connectivity index (χ0n) is 12.2. The number of hydrogen-bond donors (Lipinski definition) is 2. The van der Waals surface area contributed by atoms with Crippen molar-refractivity contribution in [3.8, 4) is 0 Å². The molecule has 0 spiro atoms. The van der Waals surface area contributed by atoms with Crippen LogP contribution < -0.4 is 5.32 Å². The van der Waals surface area contributed by atoms with Crippen molar-refractivity contribution in [3.05, 3.63) is 35.9 Å². The quantitative estimate of drug-likeness (QED) is 0.867. The predicted molar refractivity (Wildman–Crippen MR) is 80.3 cm³/mol. The molecule has 1 aromatic carbocycles. The monoisotopic (exact) mass is 275 g/mol. The van der Waals surface area contributed by atoms with Gasteiger partial charge in [0.2, 0.25) is 5.91 Å². The van der Waals surface area contributed by atoms with Crippen molar-refractivity contribution in [3.63, 3.8) is 0 Å². The number of carbonyl (C=O) groups excluding carboxylic acids is 1. The Labute approximate surface area is 121 Å². The summed E-state index contributed by atoms with van der Waals surface area (Å²) in [5.74, 6) is 1.000. The van der Waals surface area contributed by atoms with Gasteiger partial charge >= 0.3 is 0 Å². The summed E-state index contributed by atoms with van der Waals surface area (Å²) in [5.41, 5.74) is 1.14. The average Bonchev–Trinajstić information content (AvgIpc) is 2.48. The minimum absolute atomic E-state index is 0.0102. The van der Waals surface area contributed by atoms with Crippen molar-refractivity contribution in [1.82, 2.24) is 5.32 Å². The number of hydrogen-bond acceptors (Lipinski definition) is 2. The molecular weight excluding hydrogens is 250 g/mol. The van der Waals surface area contributed by atoms with Gasteiger partial charge in [-0.25, -0.2) is 0 Å². The lowest BCUT2D eigenvalue weighted by molar-refractivity contribution is -0.127. The summed E-state index contributed by atoms with van der Waals surface area (Å²) in [6.07, 6.45) is 4.93. The molecule has 1 aliphatic rings. The number of aliphatic hydroxyl groups is 1. The largest absolute Gasteiger partial charge is 0.394 e. The Balaban J connectivity index is 1.85. The summed E-state index contributed by atoms with van der Waals surface area (Å²) in [6, 6.07) is 9.81. The molecule has 1 atom stereocenters. The zero-order chi connectivity index (χ0) is 14.4. The first kappa shape index (κ1) is 15.0. The van der Waals surface area contributed by atoms with E-state index in [-0.39, 0.29) is 24.5 Å². The number of rotatable bonds is 5. The topological polar surface area (TPSA) is 49.3 Å². The Hall–Kier alpha value is -1.35. The van der Waals surface area contributed by atoms with Crippen LogP contribution in [0.15, 0.2) is 30.3 Å². The Morgan fingerprint density at radius 1 is 1.25 bits per heavy atom. The zero-order valence-corrected chi connectivity index (χ0v) is 12.2. The maximum atomic E-state index is 12.2. The Morgan fingerprint density at radius 3 is 2.50 bits per heavy atom. The molecule has 0 radical (unpaired) electrons.